The van der Waals surface area contributed by atoms with Crippen LogP contribution in [0.5, 0.6) is 0 Å². The summed E-state index contributed by atoms with van der Waals surface area (Å²) in [6, 6.07) is 7.18. The Bertz CT molecular complexity index is 632. The maximum atomic E-state index is 12.0. The first-order valence-electron chi connectivity index (χ1n) is 6.93. The lowest BCUT2D eigenvalue weighted by molar-refractivity contribution is -0.114. The van der Waals surface area contributed by atoms with E-state index in [-0.39, 0.29) is 5.41 Å². The van der Waals surface area contributed by atoms with Crippen LogP contribution < -0.4 is 4.90 Å². The lowest BCUT2D eigenvalue weighted by Crippen LogP contribution is -2.30. The van der Waals surface area contributed by atoms with Gasteiger partial charge < -0.3 is 4.90 Å². The monoisotopic (exact) mass is 304 g/mol. The molecule has 0 atom stereocenters. The number of halogens is 1. The van der Waals surface area contributed by atoms with Crippen LogP contribution in [0.4, 0.5) is 5.69 Å². The maximum Gasteiger partial charge on any atom is 0.299 e. The molecule has 1 aromatic rings. The van der Waals surface area contributed by atoms with Crippen molar-refractivity contribution >= 4 is 29.0 Å². The number of amides is 1. The maximum absolute atomic E-state index is 12.0. The normalized spacial score (nSPS) is 14.3. The van der Waals surface area contributed by atoms with Crippen molar-refractivity contribution in [3.8, 4) is 6.07 Å². The Balaban J connectivity index is 2.01. The molecular weight excluding hydrogens is 288 g/mol. The summed E-state index contributed by atoms with van der Waals surface area (Å²) < 4.78 is 0. The minimum absolute atomic E-state index is 0.351. The third-order valence-corrected chi connectivity index (χ3v) is 3.90. The van der Waals surface area contributed by atoms with Crippen LogP contribution in [0.25, 0.3) is 0 Å². The lowest BCUT2D eigenvalue weighted by atomic mass is 9.89. The van der Waals surface area contributed by atoms with E-state index in [0.717, 1.165) is 19.3 Å². The van der Waals surface area contributed by atoms with E-state index in [2.05, 4.69) is 6.07 Å². The molecule has 2 rings (SSSR count). The molecule has 1 amide bonds. The van der Waals surface area contributed by atoms with Crippen LogP contribution in [0.15, 0.2) is 18.2 Å². The van der Waals surface area contributed by atoms with Crippen LogP contribution >= 0.6 is 11.6 Å². The van der Waals surface area contributed by atoms with E-state index in [9.17, 15) is 9.59 Å². The number of ketones is 1. The fraction of sp³-hybridized carbons (Fsp3) is 0.438. The highest BCUT2D eigenvalue weighted by atomic mass is 35.5. The van der Waals surface area contributed by atoms with E-state index in [1.54, 1.807) is 12.1 Å². The number of nitriles is 1. The van der Waals surface area contributed by atoms with Gasteiger partial charge in [-0.05, 0) is 44.9 Å². The average molecular weight is 305 g/mol. The van der Waals surface area contributed by atoms with Crippen molar-refractivity contribution in [3.63, 3.8) is 0 Å². The van der Waals surface area contributed by atoms with Gasteiger partial charge in [0.1, 0.15) is 0 Å². The molecule has 0 saturated carbocycles. The van der Waals surface area contributed by atoms with Crippen molar-refractivity contribution in [2.45, 2.75) is 33.1 Å². The quantitative estimate of drug-likeness (QED) is 0.617. The lowest BCUT2D eigenvalue weighted by Gasteiger charge is -2.18. The van der Waals surface area contributed by atoms with E-state index in [4.69, 9.17) is 16.9 Å². The molecule has 0 aliphatic carbocycles. The summed E-state index contributed by atoms with van der Waals surface area (Å²) in [6.45, 7) is 4.28. The van der Waals surface area contributed by atoms with Gasteiger partial charge in [0.15, 0.2) is 0 Å². The molecule has 0 aromatic heterocycles. The van der Waals surface area contributed by atoms with Crippen molar-refractivity contribution in [3.05, 3.63) is 28.8 Å². The minimum atomic E-state index is -0.496. The number of nitrogens with zero attached hydrogens (tertiary/aromatic N) is 2. The number of fused-ring (bicyclic) bond motifs is 1. The molecule has 1 aliphatic heterocycles. The van der Waals surface area contributed by atoms with Gasteiger partial charge in [-0.15, -0.1) is 0 Å². The Labute approximate surface area is 129 Å². The number of anilines is 1. The second-order valence-corrected chi connectivity index (χ2v) is 6.34. The molecule has 1 heterocycles. The van der Waals surface area contributed by atoms with Gasteiger partial charge in [0.25, 0.3) is 11.7 Å². The Kier molecular flexibility index (Phi) is 4.34. The first-order chi connectivity index (χ1) is 9.85. The van der Waals surface area contributed by atoms with Crippen molar-refractivity contribution in [2.75, 3.05) is 11.4 Å². The summed E-state index contributed by atoms with van der Waals surface area (Å²) in [5, 5.41) is 9.42. The molecule has 0 N–H and O–H groups in total. The zero-order valence-corrected chi connectivity index (χ0v) is 12.9. The molecular formula is C16H17ClN2O2. The van der Waals surface area contributed by atoms with Gasteiger partial charge in [0.2, 0.25) is 0 Å². The zero-order valence-electron chi connectivity index (χ0n) is 12.1. The van der Waals surface area contributed by atoms with E-state index in [1.807, 2.05) is 13.8 Å². The summed E-state index contributed by atoms with van der Waals surface area (Å²) in [7, 11) is 0. The first-order valence-corrected chi connectivity index (χ1v) is 7.30. The van der Waals surface area contributed by atoms with Crippen molar-refractivity contribution < 1.29 is 9.59 Å². The number of benzene rings is 1. The largest absolute Gasteiger partial charge is 0.305 e. The molecule has 5 heteroatoms. The third kappa shape index (κ3) is 3.25. The Morgan fingerprint density at radius 2 is 2.00 bits per heavy atom. The van der Waals surface area contributed by atoms with Gasteiger partial charge in [-0.25, -0.2) is 0 Å². The summed E-state index contributed by atoms with van der Waals surface area (Å²) in [6.07, 6.45) is 2.36. The molecule has 1 aliphatic rings. The summed E-state index contributed by atoms with van der Waals surface area (Å²) >= 11 is 5.86. The van der Waals surface area contributed by atoms with Gasteiger partial charge in [0.05, 0.1) is 22.7 Å². The van der Waals surface area contributed by atoms with Gasteiger partial charge >= 0.3 is 0 Å². The number of Topliss-reactive ketones (excluding diaryl/α,β-unsaturated/α-hetero) is 1. The van der Waals surface area contributed by atoms with Crippen LogP contribution in [0.1, 0.15) is 43.5 Å². The van der Waals surface area contributed by atoms with E-state index >= 15 is 0 Å². The molecule has 4 nitrogen and oxygen atoms in total. The Morgan fingerprint density at radius 1 is 1.29 bits per heavy atom. The molecule has 21 heavy (non-hydrogen) atoms. The van der Waals surface area contributed by atoms with E-state index in [1.165, 1.54) is 11.0 Å². The van der Waals surface area contributed by atoms with Gasteiger partial charge in [-0.2, -0.15) is 5.26 Å². The highest BCUT2D eigenvalue weighted by Gasteiger charge is 2.35. The van der Waals surface area contributed by atoms with Crippen molar-refractivity contribution in [2.24, 2.45) is 5.41 Å². The SMILES string of the molecule is CC(C)(C#N)CCCCN1C(=O)C(=O)c2cc(Cl)ccc21. The van der Waals surface area contributed by atoms with E-state index < -0.39 is 11.7 Å². The number of carbonyl (C=O) groups is 2. The molecule has 0 radical (unpaired) electrons. The number of hydrogen-bond donors (Lipinski definition) is 0. The second kappa shape index (κ2) is 5.87. The molecule has 0 saturated heterocycles. The van der Waals surface area contributed by atoms with Gasteiger partial charge in [-0.3, -0.25) is 9.59 Å². The average Bonchev–Trinajstić information content (AvgIpc) is 2.68. The summed E-state index contributed by atoms with van der Waals surface area (Å²) in [4.78, 5) is 25.4. The van der Waals surface area contributed by atoms with Crippen molar-refractivity contribution in [1.29, 1.82) is 5.26 Å². The van der Waals surface area contributed by atoms with Gasteiger partial charge in [0, 0.05) is 11.6 Å². The predicted molar refractivity (Wildman–Crippen MR) is 81.4 cm³/mol. The Hall–Kier alpha value is -1.86. The second-order valence-electron chi connectivity index (χ2n) is 5.90. The van der Waals surface area contributed by atoms with Crippen LogP contribution in [0.3, 0.4) is 0 Å². The standard InChI is InChI=1S/C16H17ClN2O2/c1-16(2,10-18)7-3-4-8-19-13-6-5-11(17)9-12(13)14(20)15(19)21/h5-6,9H,3-4,7-8H2,1-2H3. The minimum Gasteiger partial charge on any atom is -0.305 e. The number of rotatable bonds is 5. The highest BCUT2D eigenvalue weighted by molar-refractivity contribution is 6.52. The highest BCUT2D eigenvalue weighted by Crippen LogP contribution is 2.31. The first kappa shape index (κ1) is 15.5. The van der Waals surface area contributed by atoms with Crippen LogP contribution in [-0.4, -0.2) is 18.2 Å². The topological polar surface area (TPSA) is 61.2 Å². The van der Waals surface area contributed by atoms with Crippen LogP contribution in [0, 0.1) is 16.7 Å². The molecule has 0 spiro atoms. The summed E-state index contributed by atoms with van der Waals surface area (Å²) in [5.74, 6) is -0.989. The predicted octanol–water partition coefficient (Wildman–Crippen LogP) is 3.59. The number of carbonyl (C=O) groups excluding carboxylic acids is 2. The number of hydrogen-bond acceptors (Lipinski definition) is 3. The smallest absolute Gasteiger partial charge is 0.299 e. The number of unbranched alkanes of at least 4 members (excludes halogenated alkanes) is 1. The van der Waals surface area contributed by atoms with E-state index in [0.29, 0.717) is 22.8 Å². The molecule has 0 bridgehead atoms. The molecule has 0 fully saturated rings. The molecule has 0 unspecified atom stereocenters. The van der Waals surface area contributed by atoms with Crippen molar-refractivity contribution in [1.82, 2.24) is 0 Å². The molecule has 1 aromatic carbocycles. The fourth-order valence-electron chi connectivity index (χ4n) is 2.39. The third-order valence-electron chi connectivity index (χ3n) is 3.67. The van der Waals surface area contributed by atoms with Gasteiger partial charge in [-0.1, -0.05) is 18.0 Å². The fourth-order valence-corrected chi connectivity index (χ4v) is 2.56. The van der Waals surface area contributed by atoms with Crippen LogP contribution in [0.2, 0.25) is 5.02 Å². The molecule has 110 valence electrons. The summed E-state index contributed by atoms with van der Waals surface area (Å²) in [5.41, 5.74) is 0.662. The Morgan fingerprint density at radius 3 is 2.67 bits per heavy atom. The zero-order chi connectivity index (χ0) is 15.6. The van der Waals surface area contributed by atoms with Crippen LogP contribution in [-0.2, 0) is 4.79 Å².